The zero-order valence-corrected chi connectivity index (χ0v) is 27.7. The van der Waals surface area contributed by atoms with Crippen molar-refractivity contribution >= 4 is 29.4 Å². The highest BCUT2D eigenvalue weighted by Gasteiger charge is 2.75. The summed E-state index contributed by atoms with van der Waals surface area (Å²) >= 11 is 0. The average molecular weight is 660 g/mol. The summed E-state index contributed by atoms with van der Waals surface area (Å²) in [6, 6.07) is 13.7. The summed E-state index contributed by atoms with van der Waals surface area (Å²) < 4.78 is 18.1. The van der Waals surface area contributed by atoms with Crippen LogP contribution in [0.15, 0.2) is 79.9 Å². The van der Waals surface area contributed by atoms with Crippen LogP contribution in [-0.2, 0) is 28.7 Å². The van der Waals surface area contributed by atoms with Crippen LogP contribution < -0.4 is 15.0 Å². The van der Waals surface area contributed by atoms with Crippen molar-refractivity contribution in [1.29, 1.82) is 0 Å². The van der Waals surface area contributed by atoms with Gasteiger partial charge in [0.2, 0.25) is 11.8 Å². The number of hydrogen-bond donors (Lipinski definition) is 2. The van der Waals surface area contributed by atoms with E-state index in [4.69, 9.17) is 14.2 Å². The van der Waals surface area contributed by atoms with Crippen molar-refractivity contribution in [2.75, 3.05) is 25.2 Å². The molecular weight excluding hydrogens is 614 g/mol. The molecule has 0 aliphatic carbocycles. The van der Waals surface area contributed by atoms with Crippen molar-refractivity contribution in [3.8, 4) is 5.75 Å². The van der Waals surface area contributed by atoms with Crippen molar-refractivity contribution in [2.45, 2.75) is 75.5 Å². The number of allylic oxidation sites excluding steroid dienone is 1. The predicted octanol–water partition coefficient (Wildman–Crippen LogP) is 3.73. The molecule has 3 fully saturated rings. The predicted molar refractivity (Wildman–Crippen MR) is 179 cm³/mol. The molecule has 0 saturated carbocycles. The van der Waals surface area contributed by atoms with Gasteiger partial charge in [-0.2, -0.15) is 0 Å². The van der Waals surface area contributed by atoms with Gasteiger partial charge in [-0.1, -0.05) is 42.5 Å². The Morgan fingerprint density at radius 3 is 2.46 bits per heavy atom. The first-order valence-corrected chi connectivity index (χ1v) is 16.4. The molecule has 5 rings (SSSR count). The van der Waals surface area contributed by atoms with Crippen molar-refractivity contribution in [3.05, 3.63) is 85.5 Å². The first-order valence-electron chi connectivity index (χ1n) is 16.4. The third-order valence-electron chi connectivity index (χ3n) is 9.73. The van der Waals surface area contributed by atoms with E-state index < -0.39 is 65.6 Å². The Bertz CT molecular complexity index is 1510. The molecule has 0 unspecified atom stereocenters. The number of carbonyl (C=O) groups excluding carboxylic acids is 4. The van der Waals surface area contributed by atoms with Crippen LogP contribution in [0.3, 0.4) is 0 Å². The number of ether oxygens (including phenoxy) is 3. The number of likely N-dealkylation sites (tertiary alicyclic amines) is 1. The molecule has 3 saturated heterocycles. The Morgan fingerprint density at radius 1 is 1.12 bits per heavy atom. The van der Waals surface area contributed by atoms with Crippen LogP contribution in [0.1, 0.15) is 51.2 Å². The fourth-order valence-electron chi connectivity index (χ4n) is 7.50. The molecule has 3 aliphatic rings. The Labute approximate surface area is 281 Å². The molecule has 3 amide bonds. The Kier molecular flexibility index (Phi) is 10.7. The standard InChI is InChI=1S/C37H45N3O8/c1-6-8-14-29(42)38-24(4)32(25-12-10-9-11-13-25)47-36(45)30-28-19-20-37(48-28)31(30)34(43)40(23(3)22-41)33(37)35(44)39(21-7-2)26-15-17-27(46-5)18-16-26/h6-7,9-13,15-18,23-24,28,30-33,41H,1-2,8,14,19-22H2,3-5H3,(H,38,42)/t23-,24-,28+,30-,31-,32-,33+,37-/m1/s1. The Morgan fingerprint density at radius 2 is 1.83 bits per heavy atom. The van der Waals surface area contributed by atoms with Gasteiger partial charge < -0.3 is 34.4 Å². The van der Waals surface area contributed by atoms with E-state index in [9.17, 15) is 24.3 Å². The number of aliphatic hydroxyl groups excluding tert-OH is 1. The van der Waals surface area contributed by atoms with E-state index in [1.807, 2.05) is 30.3 Å². The zero-order valence-electron chi connectivity index (χ0n) is 27.7. The molecular formula is C37H45N3O8. The first-order chi connectivity index (χ1) is 23.1. The summed E-state index contributed by atoms with van der Waals surface area (Å²) in [7, 11) is 1.55. The van der Waals surface area contributed by atoms with Crippen LogP contribution in [0, 0.1) is 11.8 Å². The highest BCUT2D eigenvalue weighted by atomic mass is 16.6. The van der Waals surface area contributed by atoms with E-state index in [0.29, 0.717) is 36.3 Å². The molecule has 48 heavy (non-hydrogen) atoms. The lowest BCUT2D eigenvalue weighted by atomic mass is 9.70. The van der Waals surface area contributed by atoms with Gasteiger partial charge in [-0.25, -0.2) is 0 Å². The molecule has 2 N–H and O–H groups in total. The van der Waals surface area contributed by atoms with E-state index in [-0.39, 0.29) is 25.5 Å². The van der Waals surface area contributed by atoms with Crippen molar-refractivity contribution in [3.63, 3.8) is 0 Å². The number of nitrogens with zero attached hydrogens (tertiary/aromatic N) is 2. The molecule has 0 radical (unpaired) electrons. The summed E-state index contributed by atoms with van der Waals surface area (Å²) in [6.45, 7) is 10.7. The third-order valence-corrected chi connectivity index (χ3v) is 9.73. The van der Waals surface area contributed by atoms with Crippen molar-refractivity contribution < 1.29 is 38.5 Å². The van der Waals surface area contributed by atoms with E-state index in [0.717, 1.165) is 0 Å². The van der Waals surface area contributed by atoms with Gasteiger partial charge in [0.15, 0.2) is 0 Å². The van der Waals surface area contributed by atoms with Gasteiger partial charge in [-0.15, -0.1) is 13.2 Å². The summed E-state index contributed by atoms with van der Waals surface area (Å²) in [6.07, 6.45) is 3.35. The lowest BCUT2D eigenvalue weighted by Crippen LogP contribution is -2.58. The van der Waals surface area contributed by atoms with Crippen LogP contribution in [-0.4, -0.2) is 83.8 Å². The summed E-state index contributed by atoms with van der Waals surface area (Å²) in [5.74, 6) is -3.04. The molecule has 3 aliphatic heterocycles. The molecule has 3 heterocycles. The fraction of sp³-hybridized carbons (Fsp3) is 0.459. The number of methoxy groups -OCH3 is 1. The second-order valence-electron chi connectivity index (χ2n) is 12.7. The summed E-state index contributed by atoms with van der Waals surface area (Å²) in [5, 5.41) is 13.2. The normalized spacial score (nSPS) is 25.8. The number of anilines is 1. The molecule has 2 aromatic carbocycles. The van der Waals surface area contributed by atoms with E-state index in [2.05, 4.69) is 18.5 Å². The van der Waals surface area contributed by atoms with Gasteiger partial charge >= 0.3 is 5.97 Å². The maximum Gasteiger partial charge on any atom is 0.313 e. The Hall–Kier alpha value is -4.48. The van der Waals surface area contributed by atoms with Gasteiger partial charge in [0, 0.05) is 18.7 Å². The minimum Gasteiger partial charge on any atom is -0.497 e. The quantitative estimate of drug-likeness (QED) is 0.218. The van der Waals surface area contributed by atoms with E-state index >= 15 is 0 Å². The van der Waals surface area contributed by atoms with Crippen LogP contribution in [0.25, 0.3) is 0 Å². The molecule has 2 bridgehead atoms. The van der Waals surface area contributed by atoms with Gasteiger partial charge in [-0.3, -0.25) is 19.2 Å². The maximum atomic E-state index is 14.6. The molecule has 11 heteroatoms. The number of hydrogen-bond acceptors (Lipinski definition) is 8. The molecule has 256 valence electrons. The minimum absolute atomic E-state index is 0.155. The number of aliphatic hydroxyl groups is 1. The Balaban J connectivity index is 1.47. The smallest absolute Gasteiger partial charge is 0.313 e. The summed E-state index contributed by atoms with van der Waals surface area (Å²) in [4.78, 5) is 58.8. The third kappa shape index (κ3) is 6.36. The fourth-order valence-corrected chi connectivity index (χ4v) is 7.50. The molecule has 0 aromatic heterocycles. The number of fused-ring (bicyclic) bond motifs is 1. The lowest BCUT2D eigenvalue weighted by molar-refractivity contribution is -0.162. The van der Waals surface area contributed by atoms with Crippen LogP contribution in [0.5, 0.6) is 5.75 Å². The highest BCUT2D eigenvalue weighted by Crippen LogP contribution is 2.59. The van der Waals surface area contributed by atoms with Crippen LogP contribution in [0.4, 0.5) is 5.69 Å². The largest absolute Gasteiger partial charge is 0.497 e. The monoisotopic (exact) mass is 659 g/mol. The molecule has 1 spiro atoms. The number of rotatable bonds is 15. The average Bonchev–Trinajstić information content (AvgIpc) is 3.75. The number of amides is 3. The molecule has 8 atom stereocenters. The number of carbonyl (C=O) groups is 4. The minimum atomic E-state index is -1.30. The van der Waals surface area contributed by atoms with Crippen LogP contribution in [0.2, 0.25) is 0 Å². The highest BCUT2D eigenvalue weighted by molar-refractivity contribution is 6.04. The van der Waals surface area contributed by atoms with E-state index in [1.165, 1.54) is 9.80 Å². The van der Waals surface area contributed by atoms with Crippen LogP contribution >= 0.6 is 0 Å². The number of nitrogens with one attached hydrogen (secondary N) is 1. The number of benzene rings is 2. The SMILES string of the molecule is C=CCCC(=O)N[C@H](C)[C@@H](OC(=O)[C@@H]1[C@@H]2CC[C@]3(O2)[C@H](C(=O)N(CC=C)c2ccc(OC)cc2)N([C@H](C)CO)C(=O)[C@@H]13)c1ccccc1. The zero-order chi connectivity index (χ0) is 34.6. The van der Waals surface area contributed by atoms with Gasteiger partial charge in [0.05, 0.1) is 43.7 Å². The molecule has 11 nitrogen and oxygen atoms in total. The van der Waals surface area contributed by atoms with Crippen molar-refractivity contribution in [2.24, 2.45) is 11.8 Å². The first kappa shape index (κ1) is 34.8. The van der Waals surface area contributed by atoms with E-state index in [1.54, 1.807) is 57.4 Å². The number of esters is 1. The maximum absolute atomic E-state index is 14.6. The second kappa shape index (κ2) is 14.7. The molecule has 2 aromatic rings. The van der Waals surface area contributed by atoms with Gasteiger partial charge in [-0.05, 0) is 62.9 Å². The lowest BCUT2D eigenvalue weighted by Gasteiger charge is -2.38. The summed E-state index contributed by atoms with van der Waals surface area (Å²) in [5.41, 5.74) is -0.0464. The topological polar surface area (TPSA) is 135 Å². The van der Waals surface area contributed by atoms with Crippen molar-refractivity contribution in [1.82, 2.24) is 10.2 Å². The van der Waals surface area contributed by atoms with Gasteiger partial charge in [0.1, 0.15) is 23.5 Å². The second-order valence-corrected chi connectivity index (χ2v) is 12.7. The van der Waals surface area contributed by atoms with Gasteiger partial charge in [0.25, 0.3) is 5.91 Å².